The molecule has 0 amide bonds. The molecular weight excluding hydrogens is 247 g/mol. The molecule has 4 heteroatoms. The average Bonchev–Trinajstić information content (AvgIpc) is 2.34. The molecule has 2 nitrogen and oxygen atoms in total. The number of rotatable bonds is 3. The van der Waals surface area contributed by atoms with Crippen LogP contribution in [-0.2, 0) is 6.54 Å². The van der Waals surface area contributed by atoms with Gasteiger partial charge in [0.05, 0.1) is 0 Å². The average molecular weight is 268 g/mol. The first-order valence-corrected chi connectivity index (χ1v) is 7.49. The highest BCUT2D eigenvalue weighted by Gasteiger charge is 2.26. The van der Waals surface area contributed by atoms with Gasteiger partial charge in [-0.25, -0.2) is 4.39 Å². The number of halogens is 1. The van der Waals surface area contributed by atoms with Crippen LogP contribution in [0.15, 0.2) is 18.2 Å². The zero-order valence-electron chi connectivity index (χ0n) is 11.2. The highest BCUT2D eigenvalue weighted by molar-refractivity contribution is 8.00. The van der Waals surface area contributed by atoms with E-state index in [-0.39, 0.29) is 5.82 Å². The van der Waals surface area contributed by atoms with Crippen molar-refractivity contribution in [2.75, 3.05) is 24.2 Å². The Morgan fingerprint density at radius 2 is 2.22 bits per heavy atom. The Bertz CT molecular complexity index is 411. The van der Waals surface area contributed by atoms with Crippen LogP contribution in [0, 0.1) is 5.82 Å². The normalized spacial score (nSPS) is 24.3. The summed E-state index contributed by atoms with van der Waals surface area (Å²) in [7, 11) is 1.90. The Hall–Kier alpha value is -0.740. The molecule has 1 heterocycles. The Balaban J connectivity index is 2.31. The summed E-state index contributed by atoms with van der Waals surface area (Å²) >= 11 is 2.02. The van der Waals surface area contributed by atoms with E-state index in [9.17, 15) is 4.39 Å². The first-order valence-electron chi connectivity index (χ1n) is 6.44. The minimum Gasteiger partial charge on any atom is -0.367 e. The molecule has 18 heavy (non-hydrogen) atoms. The molecular formula is C14H21FN2S. The maximum absolute atomic E-state index is 13.4. The molecule has 1 aliphatic heterocycles. The van der Waals surface area contributed by atoms with Gasteiger partial charge in [-0.2, -0.15) is 11.8 Å². The minimum atomic E-state index is -0.156. The summed E-state index contributed by atoms with van der Waals surface area (Å²) in [6.45, 7) is 6.27. The van der Waals surface area contributed by atoms with E-state index in [1.54, 1.807) is 12.1 Å². The van der Waals surface area contributed by atoms with E-state index in [2.05, 4.69) is 24.1 Å². The topological polar surface area (TPSA) is 15.3 Å². The van der Waals surface area contributed by atoms with Crippen LogP contribution in [0.5, 0.6) is 0 Å². The number of thioether (sulfide) groups is 1. The van der Waals surface area contributed by atoms with Gasteiger partial charge >= 0.3 is 0 Å². The van der Waals surface area contributed by atoms with Gasteiger partial charge in [0, 0.05) is 35.8 Å². The number of nitrogens with one attached hydrogen (secondary N) is 1. The zero-order valence-corrected chi connectivity index (χ0v) is 12.1. The second kappa shape index (κ2) is 5.93. The van der Waals surface area contributed by atoms with Crippen LogP contribution >= 0.6 is 11.8 Å². The molecule has 0 radical (unpaired) electrons. The van der Waals surface area contributed by atoms with E-state index < -0.39 is 0 Å². The number of anilines is 1. The fraction of sp³-hybridized carbons (Fsp3) is 0.571. The first-order chi connectivity index (χ1) is 8.63. The third-order valence-electron chi connectivity index (χ3n) is 3.60. The quantitative estimate of drug-likeness (QED) is 0.907. The number of hydrogen-bond acceptors (Lipinski definition) is 3. The Morgan fingerprint density at radius 3 is 2.94 bits per heavy atom. The summed E-state index contributed by atoms with van der Waals surface area (Å²) in [4.78, 5) is 2.41. The molecule has 1 N–H and O–H groups in total. The van der Waals surface area contributed by atoms with Gasteiger partial charge in [-0.05, 0) is 37.7 Å². The van der Waals surface area contributed by atoms with Crippen molar-refractivity contribution in [3.05, 3.63) is 29.6 Å². The van der Waals surface area contributed by atoms with Gasteiger partial charge in [0.2, 0.25) is 0 Å². The molecule has 1 saturated heterocycles. The molecule has 2 unspecified atom stereocenters. The van der Waals surface area contributed by atoms with Crippen molar-refractivity contribution < 1.29 is 4.39 Å². The van der Waals surface area contributed by atoms with Gasteiger partial charge in [0.25, 0.3) is 0 Å². The zero-order chi connectivity index (χ0) is 13.1. The summed E-state index contributed by atoms with van der Waals surface area (Å²) < 4.78 is 13.4. The first kappa shape index (κ1) is 13.7. The molecule has 0 aromatic heterocycles. The highest BCUT2D eigenvalue weighted by Crippen LogP contribution is 2.31. The predicted molar refractivity (Wildman–Crippen MR) is 77.9 cm³/mol. The second-order valence-corrected chi connectivity index (χ2v) is 6.30. The van der Waals surface area contributed by atoms with Gasteiger partial charge in [-0.15, -0.1) is 0 Å². The lowest BCUT2D eigenvalue weighted by atomic mass is 10.1. The molecule has 1 aromatic rings. The Morgan fingerprint density at radius 1 is 1.44 bits per heavy atom. The van der Waals surface area contributed by atoms with Crippen LogP contribution in [0.4, 0.5) is 10.1 Å². The van der Waals surface area contributed by atoms with Gasteiger partial charge in [0.1, 0.15) is 5.82 Å². The summed E-state index contributed by atoms with van der Waals surface area (Å²) in [5.74, 6) is 0.984. The van der Waals surface area contributed by atoms with Gasteiger partial charge < -0.3 is 10.2 Å². The molecule has 0 spiro atoms. The van der Waals surface area contributed by atoms with Crippen LogP contribution in [0.25, 0.3) is 0 Å². The summed E-state index contributed by atoms with van der Waals surface area (Å²) in [5.41, 5.74) is 2.22. The van der Waals surface area contributed by atoms with Crippen molar-refractivity contribution in [1.82, 2.24) is 5.32 Å². The van der Waals surface area contributed by atoms with E-state index in [1.165, 1.54) is 5.69 Å². The van der Waals surface area contributed by atoms with E-state index in [4.69, 9.17) is 0 Å². The third kappa shape index (κ3) is 2.81. The SMILES string of the molecule is CNCc1cc(F)ccc1N1CCSC(C)C1C. The lowest BCUT2D eigenvalue weighted by Gasteiger charge is -2.40. The van der Waals surface area contributed by atoms with Gasteiger partial charge in [-0.1, -0.05) is 6.92 Å². The molecule has 1 aromatic carbocycles. The molecule has 2 rings (SSSR count). The standard InChI is InChI=1S/C14H21FN2S/c1-10-11(2)18-7-6-17(10)14-5-4-13(15)8-12(14)9-16-3/h4-5,8,10-11,16H,6-7,9H2,1-3H3. The van der Waals surface area contributed by atoms with Crippen LogP contribution < -0.4 is 10.2 Å². The van der Waals surface area contributed by atoms with Gasteiger partial charge in [-0.3, -0.25) is 0 Å². The Kier molecular flexibility index (Phi) is 4.51. The fourth-order valence-electron chi connectivity index (χ4n) is 2.44. The molecule has 1 fully saturated rings. The molecule has 2 atom stereocenters. The summed E-state index contributed by atoms with van der Waals surface area (Å²) in [6.07, 6.45) is 0. The number of nitrogens with zero attached hydrogens (tertiary/aromatic N) is 1. The van der Waals surface area contributed by atoms with Crippen molar-refractivity contribution in [2.45, 2.75) is 31.7 Å². The minimum absolute atomic E-state index is 0.156. The van der Waals surface area contributed by atoms with Crippen molar-refractivity contribution >= 4 is 17.4 Å². The van der Waals surface area contributed by atoms with E-state index in [0.717, 1.165) is 17.9 Å². The van der Waals surface area contributed by atoms with E-state index >= 15 is 0 Å². The summed E-state index contributed by atoms with van der Waals surface area (Å²) in [6, 6.07) is 5.62. The number of hydrogen-bond donors (Lipinski definition) is 1. The number of benzene rings is 1. The van der Waals surface area contributed by atoms with Crippen LogP contribution in [-0.4, -0.2) is 30.6 Å². The summed E-state index contributed by atoms with van der Waals surface area (Å²) in [5, 5.41) is 3.74. The van der Waals surface area contributed by atoms with Crippen molar-refractivity contribution in [3.8, 4) is 0 Å². The highest BCUT2D eigenvalue weighted by atomic mass is 32.2. The third-order valence-corrected chi connectivity index (χ3v) is 4.94. The van der Waals surface area contributed by atoms with Crippen molar-refractivity contribution in [3.63, 3.8) is 0 Å². The monoisotopic (exact) mass is 268 g/mol. The van der Waals surface area contributed by atoms with E-state index in [1.807, 2.05) is 24.9 Å². The largest absolute Gasteiger partial charge is 0.367 e. The fourth-order valence-corrected chi connectivity index (χ4v) is 3.54. The Labute approximate surface area is 113 Å². The molecule has 0 aliphatic carbocycles. The maximum Gasteiger partial charge on any atom is 0.123 e. The van der Waals surface area contributed by atoms with E-state index in [0.29, 0.717) is 17.8 Å². The van der Waals surface area contributed by atoms with Crippen LogP contribution in [0.1, 0.15) is 19.4 Å². The van der Waals surface area contributed by atoms with Crippen molar-refractivity contribution in [1.29, 1.82) is 0 Å². The lowest BCUT2D eigenvalue weighted by Crippen LogP contribution is -2.45. The van der Waals surface area contributed by atoms with Crippen LogP contribution in [0.3, 0.4) is 0 Å². The second-order valence-electron chi connectivity index (χ2n) is 4.81. The molecule has 0 bridgehead atoms. The van der Waals surface area contributed by atoms with Crippen molar-refractivity contribution in [2.24, 2.45) is 0 Å². The predicted octanol–water partition coefficient (Wildman–Crippen LogP) is 2.88. The van der Waals surface area contributed by atoms with Gasteiger partial charge in [0.15, 0.2) is 0 Å². The van der Waals surface area contributed by atoms with Crippen LogP contribution in [0.2, 0.25) is 0 Å². The maximum atomic E-state index is 13.4. The molecule has 0 saturated carbocycles. The molecule has 100 valence electrons. The smallest absolute Gasteiger partial charge is 0.123 e. The molecule has 1 aliphatic rings. The lowest BCUT2D eigenvalue weighted by molar-refractivity contribution is 0.609.